The molecular weight excluding hydrogens is 162 g/mol. The van der Waals surface area contributed by atoms with Crippen molar-refractivity contribution in [3.05, 3.63) is 0 Å². The van der Waals surface area contributed by atoms with Crippen molar-refractivity contribution in [1.82, 2.24) is 0 Å². The first-order valence-corrected chi connectivity index (χ1v) is 5.40. The first-order chi connectivity index (χ1) is 6.09. The molecule has 0 bridgehead atoms. The Morgan fingerprint density at radius 2 is 2.15 bits per heavy atom. The van der Waals surface area contributed by atoms with Crippen LogP contribution in [0.4, 0.5) is 0 Å². The molecule has 0 spiro atoms. The van der Waals surface area contributed by atoms with Crippen LogP contribution in [0.1, 0.15) is 46.5 Å². The van der Waals surface area contributed by atoms with E-state index in [-0.39, 0.29) is 0 Å². The number of hydrogen-bond acceptors (Lipinski definition) is 1. The van der Waals surface area contributed by atoms with Gasteiger partial charge >= 0.3 is 5.90 Å². The highest BCUT2D eigenvalue weighted by molar-refractivity contribution is 5.72. The maximum absolute atomic E-state index is 5.87. The quantitative estimate of drug-likeness (QED) is 0.523. The number of rotatable bonds is 0. The Kier molecular flexibility index (Phi) is 2.09. The van der Waals surface area contributed by atoms with E-state index in [0.717, 1.165) is 12.8 Å². The van der Waals surface area contributed by atoms with Gasteiger partial charge in [-0.15, -0.1) is 0 Å². The largest absolute Gasteiger partial charge is 0.445 e. The lowest BCUT2D eigenvalue weighted by Crippen LogP contribution is -2.50. The summed E-state index contributed by atoms with van der Waals surface area (Å²) in [6.45, 7) is 8.03. The van der Waals surface area contributed by atoms with Crippen LogP contribution in [0.15, 0.2) is 0 Å². The summed E-state index contributed by atoms with van der Waals surface area (Å²) in [5, 5.41) is 0. The highest BCUT2D eigenvalue weighted by Gasteiger charge is 2.42. The Morgan fingerprint density at radius 1 is 1.38 bits per heavy atom. The van der Waals surface area contributed by atoms with Gasteiger partial charge in [-0.1, -0.05) is 0 Å². The Labute approximate surface area is 80.6 Å². The van der Waals surface area contributed by atoms with E-state index in [2.05, 4.69) is 25.3 Å². The van der Waals surface area contributed by atoms with Gasteiger partial charge in [-0.3, -0.25) is 0 Å². The molecule has 0 N–H and O–H groups in total. The van der Waals surface area contributed by atoms with Gasteiger partial charge in [0.2, 0.25) is 0 Å². The lowest BCUT2D eigenvalue weighted by Gasteiger charge is -2.34. The molecule has 1 atom stereocenters. The van der Waals surface area contributed by atoms with Crippen molar-refractivity contribution < 1.29 is 9.31 Å². The predicted octanol–water partition coefficient (Wildman–Crippen LogP) is 2.17. The van der Waals surface area contributed by atoms with E-state index in [9.17, 15) is 0 Å². The highest BCUT2D eigenvalue weighted by atomic mass is 16.5. The lowest BCUT2D eigenvalue weighted by molar-refractivity contribution is -0.623. The van der Waals surface area contributed by atoms with Gasteiger partial charge in [0.05, 0.1) is 6.42 Å². The van der Waals surface area contributed by atoms with Gasteiger partial charge < -0.3 is 4.74 Å². The van der Waals surface area contributed by atoms with E-state index in [1.54, 1.807) is 0 Å². The van der Waals surface area contributed by atoms with Crippen LogP contribution >= 0.6 is 0 Å². The first-order valence-electron chi connectivity index (χ1n) is 5.40. The van der Waals surface area contributed by atoms with Crippen molar-refractivity contribution in [3.8, 4) is 0 Å². The molecule has 0 amide bonds. The van der Waals surface area contributed by atoms with Crippen LogP contribution in [-0.4, -0.2) is 28.7 Å². The number of hydrogen-bond donors (Lipinski definition) is 0. The summed E-state index contributed by atoms with van der Waals surface area (Å²) in [4.78, 5) is 0. The predicted molar refractivity (Wildman–Crippen MR) is 53.2 cm³/mol. The number of ether oxygens (including phenoxy) is 1. The molecule has 2 aliphatic heterocycles. The smallest absolute Gasteiger partial charge is 0.336 e. The lowest BCUT2D eigenvalue weighted by atomic mass is 9.93. The second-order valence-electron chi connectivity index (χ2n) is 4.95. The molecule has 0 aromatic rings. The van der Waals surface area contributed by atoms with Crippen LogP contribution in [-0.2, 0) is 4.74 Å². The fourth-order valence-electron chi connectivity index (χ4n) is 2.66. The topological polar surface area (TPSA) is 12.2 Å². The van der Waals surface area contributed by atoms with Gasteiger partial charge in [-0.05, 0) is 13.3 Å². The van der Waals surface area contributed by atoms with Crippen molar-refractivity contribution >= 4 is 5.90 Å². The molecule has 2 nitrogen and oxygen atoms in total. The molecule has 2 aliphatic rings. The maximum Gasteiger partial charge on any atom is 0.336 e. The maximum atomic E-state index is 5.87. The summed E-state index contributed by atoms with van der Waals surface area (Å²) >= 11 is 0. The molecule has 13 heavy (non-hydrogen) atoms. The summed E-state index contributed by atoms with van der Waals surface area (Å²) in [7, 11) is 0. The molecule has 0 saturated carbocycles. The van der Waals surface area contributed by atoms with E-state index < -0.39 is 0 Å². The van der Waals surface area contributed by atoms with Crippen LogP contribution < -0.4 is 0 Å². The van der Waals surface area contributed by atoms with Crippen molar-refractivity contribution in [2.45, 2.75) is 58.1 Å². The average Bonchev–Trinajstić information content (AvgIpc) is 2.02. The molecule has 0 radical (unpaired) electrons. The Bertz CT molecular complexity index is 242. The van der Waals surface area contributed by atoms with Crippen LogP contribution in [0.3, 0.4) is 0 Å². The molecule has 0 fully saturated rings. The van der Waals surface area contributed by atoms with E-state index in [4.69, 9.17) is 4.74 Å². The van der Waals surface area contributed by atoms with Crippen molar-refractivity contribution in [3.63, 3.8) is 0 Å². The molecule has 2 rings (SSSR count). The van der Waals surface area contributed by atoms with Crippen LogP contribution in [0.2, 0.25) is 0 Å². The Balaban J connectivity index is 2.31. The van der Waals surface area contributed by atoms with E-state index in [0.29, 0.717) is 11.6 Å². The van der Waals surface area contributed by atoms with Gasteiger partial charge in [0.15, 0.2) is 5.54 Å². The molecule has 0 saturated heterocycles. The molecule has 74 valence electrons. The van der Waals surface area contributed by atoms with E-state index in [1.165, 1.54) is 25.3 Å². The standard InChI is InChI=1S/C11H20NO/c1-9-8-11(2,3)12-7-5-4-6-10(12)13-9/h9H,4-8H2,1-3H3/q+1. The molecular formula is C11H20NO+. The van der Waals surface area contributed by atoms with Gasteiger partial charge in [0.25, 0.3) is 0 Å². The van der Waals surface area contributed by atoms with Crippen LogP contribution in [0.5, 0.6) is 0 Å². The second kappa shape index (κ2) is 3.00. The van der Waals surface area contributed by atoms with Crippen molar-refractivity contribution in [2.75, 3.05) is 6.54 Å². The first kappa shape index (κ1) is 9.04. The van der Waals surface area contributed by atoms with Crippen molar-refractivity contribution in [2.24, 2.45) is 0 Å². The Morgan fingerprint density at radius 3 is 2.92 bits per heavy atom. The minimum atomic E-state index is 0.313. The zero-order chi connectivity index (χ0) is 9.47. The molecule has 0 aromatic heterocycles. The second-order valence-corrected chi connectivity index (χ2v) is 4.95. The highest BCUT2D eigenvalue weighted by Crippen LogP contribution is 2.27. The third-order valence-electron chi connectivity index (χ3n) is 3.18. The minimum Gasteiger partial charge on any atom is -0.445 e. The minimum absolute atomic E-state index is 0.313. The number of nitrogens with zero attached hydrogens (tertiary/aromatic N) is 1. The normalized spacial score (nSPS) is 32.4. The molecule has 2 heterocycles. The van der Waals surface area contributed by atoms with Gasteiger partial charge in [-0.25, -0.2) is 0 Å². The summed E-state index contributed by atoms with van der Waals surface area (Å²) < 4.78 is 8.34. The molecule has 0 aliphatic carbocycles. The zero-order valence-electron chi connectivity index (χ0n) is 8.97. The molecule has 1 unspecified atom stereocenters. The van der Waals surface area contributed by atoms with Gasteiger partial charge in [0, 0.05) is 26.7 Å². The fourth-order valence-corrected chi connectivity index (χ4v) is 2.66. The average molecular weight is 182 g/mol. The Hall–Kier alpha value is -0.530. The molecule has 0 aromatic carbocycles. The zero-order valence-corrected chi connectivity index (χ0v) is 8.97. The van der Waals surface area contributed by atoms with E-state index in [1.807, 2.05) is 0 Å². The van der Waals surface area contributed by atoms with Crippen molar-refractivity contribution in [1.29, 1.82) is 0 Å². The third-order valence-corrected chi connectivity index (χ3v) is 3.18. The van der Waals surface area contributed by atoms with E-state index >= 15 is 0 Å². The molecule has 2 heteroatoms. The van der Waals surface area contributed by atoms with Gasteiger partial charge in [-0.2, -0.15) is 4.58 Å². The SMILES string of the molecule is CC1CC(C)(C)[N+]2=C(CCCC2)O1. The van der Waals surface area contributed by atoms with Crippen LogP contribution in [0.25, 0.3) is 0 Å². The van der Waals surface area contributed by atoms with Crippen LogP contribution in [0, 0.1) is 0 Å². The summed E-state index contributed by atoms with van der Waals surface area (Å²) in [6, 6.07) is 0. The summed E-state index contributed by atoms with van der Waals surface area (Å²) in [6.07, 6.45) is 5.32. The summed E-state index contributed by atoms with van der Waals surface area (Å²) in [5.41, 5.74) is 0.313. The fraction of sp³-hybridized carbons (Fsp3) is 0.909. The van der Waals surface area contributed by atoms with Gasteiger partial charge in [0.1, 0.15) is 12.6 Å². The third kappa shape index (κ3) is 1.59. The summed E-state index contributed by atoms with van der Waals surface area (Å²) in [5.74, 6) is 1.25. The monoisotopic (exact) mass is 182 g/mol.